The second-order valence-electron chi connectivity index (χ2n) is 5.37. The van der Waals surface area contributed by atoms with Gasteiger partial charge in [-0.3, -0.25) is 4.79 Å². The summed E-state index contributed by atoms with van der Waals surface area (Å²) in [5.74, 6) is -1.67. The monoisotopic (exact) mass is 331 g/mol. The third kappa shape index (κ3) is 4.32. The second-order valence-corrected chi connectivity index (χ2v) is 5.37. The van der Waals surface area contributed by atoms with Crippen molar-refractivity contribution < 1.29 is 23.8 Å². The lowest BCUT2D eigenvalue weighted by atomic mass is 10.1. The maximum atomic E-state index is 13.7. The number of rotatable bonds is 6. The number of halogens is 1. The lowest BCUT2D eigenvalue weighted by Gasteiger charge is -2.15. The zero-order valence-corrected chi connectivity index (χ0v) is 13.4. The van der Waals surface area contributed by atoms with Crippen LogP contribution in [-0.4, -0.2) is 24.1 Å². The summed E-state index contributed by atoms with van der Waals surface area (Å²) in [5, 5.41) is 11.7. The minimum Gasteiger partial charge on any atom is -0.494 e. The molecule has 0 aromatic heterocycles. The predicted molar refractivity (Wildman–Crippen MR) is 86.6 cm³/mol. The van der Waals surface area contributed by atoms with Crippen molar-refractivity contribution in [2.45, 2.75) is 19.4 Å². The van der Waals surface area contributed by atoms with E-state index in [0.29, 0.717) is 11.1 Å². The van der Waals surface area contributed by atoms with Crippen molar-refractivity contribution in [2.75, 3.05) is 7.11 Å². The van der Waals surface area contributed by atoms with Crippen LogP contribution in [0.2, 0.25) is 0 Å². The topological polar surface area (TPSA) is 75.6 Å². The molecule has 0 aliphatic rings. The van der Waals surface area contributed by atoms with Crippen LogP contribution in [0, 0.1) is 5.82 Å². The predicted octanol–water partition coefficient (Wildman–Crippen LogP) is 2.95. The van der Waals surface area contributed by atoms with Gasteiger partial charge in [-0.15, -0.1) is 0 Å². The van der Waals surface area contributed by atoms with Gasteiger partial charge in [0.25, 0.3) is 0 Å². The average Bonchev–Trinajstić information content (AvgIpc) is 2.54. The summed E-state index contributed by atoms with van der Waals surface area (Å²) in [5.41, 5.74) is 1.34. The Kier molecular flexibility index (Phi) is 5.52. The number of carboxylic acid groups (broad SMARTS) is 1. The Morgan fingerprint density at radius 2 is 2.00 bits per heavy atom. The number of nitrogens with one attached hydrogen (secondary N) is 1. The SMILES string of the molecule is COc1ccc(C(C)NC(=O)Cc2cccc(C(=O)O)c2)cc1F. The normalized spacial score (nSPS) is 11.6. The van der Waals surface area contributed by atoms with E-state index in [1.807, 2.05) is 0 Å². The molecule has 2 aromatic carbocycles. The van der Waals surface area contributed by atoms with E-state index in [2.05, 4.69) is 5.32 Å². The van der Waals surface area contributed by atoms with Crippen LogP contribution in [0.5, 0.6) is 5.75 Å². The van der Waals surface area contributed by atoms with E-state index in [1.165, 1.54) is 31.4 Å². The van der Waals surface area contributed by atoms with E-state index < -0.39 is 11.8 Å². The molecule has 0 spiro atoms. The molecule has 6 heteroatoms. The standard InChI is InChI=1S/C18H18FNO4/c1-11(13-6-7-16(24-2)15(19)10-13)20-17(21)9-12-4-3-5-14(8-12)18(22)23/h3-8,10-11H,9H2,1-2H3,(H,20,21)(H,22,23). The molecule has 126 valence electrons. The quantitative estimate of drug-likeness (QED) is 0.853. The molecule has 2 N–H and O–H groups in total. The van der Waals surface area contributed by atoms with E-state index in [4.69, 9.17) is 9.84 Å². The second kappa shape index (κ2) is 7.59. The molecule has 0 fully saturated rings. The highest BCUT2D eigenvalue weighted by molar-refractivity contribution is 5.88. The number of carbonyl (C=O) groups excluding carboxylic acids is 1. The first-order valence-corrected chi connectivity index (χ1v) is 7.35. The number of hydrogen-bond acceptors (Lipinski definition) is 3. The summed E-state index contributed by atoms with van der Waals surface area (Å²) in [6, 6.07) is 10.3. The van der Waals surface area contributed by atoms with E-state index in [0.717, 1.165) is 0 Å². The maximum absolute atomic E-state index is 13.7. The third-order valence-electron chi connectivity index (χ3n) is 3.59. The van der Waals surface area contributed by atoms with E-state index in [1.54, 1.807) is 25.1 Å². The molecule has 1 unspecified atom stereocenters. The Labute approximate surface area is 139 Å². The summed E-state index contributed by atoms with van der Waals surface area (Å²) >= 11 is 0. The Bertz CT molecular complexity index is 760. The number of aromatic carboxylic acids is 1. The number of benzene rings is 2. The number of amides is 1. The van der Waals surface area contributed by atoms with Gasteiger partial charge in [0.1, 0.15) is 0 Å². The summed E-state index contributed by atoms with van der Waals surface area (Å²) in [7, 11) is 1.38. The number of carbonyl (C=O) groups is 2. The number of ether oxygens (including phenoxy) is 1. The van der Waals surface area contributed by atoms with Crippen molar-refractivity contribution in [3.8, 4) is 5.75 Å². The number of carboxylic acids is 1. The van der Waals surface area contributed by atoms with E-state index in [9.17, 15) is 14.0 Å². The summed E-state index contributed by atoms with van der Waals surface area (Å²) in [4.78, 5) is 23.0. The van der Waals surface area contributed by atoms with Gasteiger partial charge >= 0.3 is 5.97 Å². The molecule has 1 amide bonds. The Hall–Kier alpha value is -2.89. The van der Waals surface area contributed by atoms with Crippen molar-refractivity contribution in [2.24, 2.45) is 0 Å². The zero-order valence-electron chi connectivity index (χ0n) is 13.4. The maximum Gasteiger partial charge on any atom is 0.335 e. The van der Waals surface area contributed by atoms with Crippen molar-refractivity contribution in [1.29, 1.82) is 0 Å². The smallest absolute Gasteiger partial charge is 0.335 e. The highest BCUT2D eigenvalue weighted by atomic mass is 19.1. The fourth-order valence-corrected chi connectivity index (χ4v) is 2.33. The third-order valence-corrected chi connectivity index (χ3v) is 3.59. The molecule has 5 nitrogen and oxygen atoms in total. The van der Waals surface area contributed by atoms with Crippen LogP contribution >= 0.6 is 0 Å². The Balaban J connectivity index is 2.02. The summed E-state index contributed by atoms with van der Waals surface area (Å²) in [6.45, 7) is 1.74. The molecule has 0 saturated carbocycles. The van der Waals surface area contributed by atoms with Gasteiger partial charge in [-0.1, -0.05) is 18.2 Å². The van der Waals surface area contributed by atoms with Crippen LogP contribution in [0.25, 0.3) is 0 Å². The van der Waals surface area contributed by atoms with E-state index >= 15 is 0 Å². The van der Waals surface area contributed by atoms with E-state index in [-0.39, 0.29) is 29.7 Å². The molecular weight excluding hydrogens is 313 g/mol. The van der Waals surface area contributed by atoms with Crippen LogP contribution in [0.4, 0.5) is 4.39 Å². The molecule has 0 aliphatic carbocycles. The van der Waals surface area contributed by atoms with Gasteiger partial charge in [0.2, 0.25) is 5.91 Å². The van der Waals surface area contributed by atoms with Crippen molar-refractivity contribution >= 4 is 11.9 Å². The fourth-order valence-electron chi connectivity index (χ4n) is 2.33. The molecule has 0 radical (unpaired) electrons. The molecule has 0 aliphatic heterocycles. The molecule has 0 heterocycles. The lowest BCUT2D eigenvalue weighted by molar-refractivity contribution is -0.121. The first-order chi connectivity index (χ1) is 11.4. The minimum absolute atomic E-state index is 0.0457. The Morgan fingerprint density at radius 1 is 1.25 bits per heavy atom. The van der Waals surface area contributed by atoms with Gasteiger partial charge in [-0.2, -0.15) is 0 Å². The molecule has 2 rings (SSSR count). The van der Waals surface area contributed by atoms with Crippen molar-refractivity contribution in [1.82, 2.24) is 5.32 Å². The van der Waals surface area contributed by atoms with Crippen molar-refractivity contribution in [3.05, 3.63) is 65.0 Å². The van der Waals surface area contributed by atoms with Crippen LogP contribution < -0.4 is 10.1 Å². The number of methoxy groups -OCH3 is 1. The average molecular weight is 331 g/mol. The highest BCUT2D eigenvalue weighted by Crippen LogP contribution is 2.21. The first kappa shape index (κ1) is 17.5. The largest absolute Gasteiger partial charge is 0.494 e. The van der Waals surface area contributed by atoms with Crippen molar-refractivity contribution in [3.63, 3.8) is 0 Å². The van der Waals surface area contributed by atoms with Crippen LogP contribution in [0.3, 0.4) is 0 Å². The minimum atomic E-state index is -1.04. The molecule has 24 heavy (non-hydrogen) atoms. The molecule has 1 atom stereocenters. The van der Waals surface area contributed by atoms with Gasteiger partial charge in [0.05, 0.1) is 25.1 Å². The van der Waals surface area contributed by atoms with Gasteiger partial charge in [0.15, 0.2) is 11.6 Å². The molecule has 2 aromatic rings. The summed E-state index contributed by atoms with van der Waals surface area (Å²) < 4.78 is 18.6. The van der Waals surface area contributed by atoms with Crippen LogP contribution in [0.15, 0.2) is 42.5 Å². The molecule has 0 bridgehead atoms. The van der Waals surface area contributed by atoms with Crippen LogP contribution in [-0.2, 0) is 11.2 Å². The first-order valence-electron chi connectivity index (χ1n) is 7.35. The van der Waals surface area contributed by atoms with Gasteiger partial charge in [-0.05, 0) is 42.3 Å². The van der Waals surface area contributed by atoms with Crippen LogP contribution in [0.1, 0.15) is 34.5 Å². The van der Waals surface area contributed by atoms with Gasteiger partial charge in [0, 0.05) is 0 Å². The highest BCUT2D eigenvalue weighted by Gasteiger charge is 2.13. The zero-order chi connectivity index (χ0) is 17.7. The Morgan fingerprint density at radius 3 is 2.62 bits per heavy atom. The molecule has 0 saturated heterocycles. The lowest BCUT2D eigenvalue weighted by Crippen LogP contribution is -2.28. The van der Waals surface area contributed by atoms with Gasteiger partial charge < -0.3 is 15.2 Å². The van der Waals surface area contributed by atoms with Gasteiger partial charge in [-0.25, -0.2) is 9.18 Å². The fraction of sp³-hybridized carbons (Fsp3) is 0.222. The molecular formula is C18H18FNO4. The summed E-state index contributed by atoms with van der Waals surface area (Å²) in [6.07, 6.45) is 0.0457. The number of hydrogen-bond donors (Lipinski definition) is 2.